The van der Waals surface area contributed by atoms with Gasteiger partial charge in [0.15, 0.2) is 9.84 Å². The molecule has 10 heteroatoms. The Morgan fingerprint density at radius 1 is 1.59 bits per heavy atom. The average Bonchev–Trinajstić information content (AvgIpc) is 2.76. The van der Waals surface area contributed by atoms with Crippen LogP contribution < -0.4 is 5.32 Å². The first-order valence-corrected chi connectivity index (χ1v) is 10.6. The maximum atomic E-state index is 12.1. The first kappa shape index (κ1) is 16.9. The van der Waals surface area contributed by atoms with Crippen LogP contribution in [0.4, 0.5) is 0 Å². The highest BCUT2D eigenvalue weighted by atomic mass is 32.2. The van der Waals surface area contributed by atoms with Gasteiger partial charge in [0.1, 0.15) is 0 Å². The molecule has 1 aliphatic rings. The van der Waals surface area contributed by atoms with Crippen molar-refractivity contribution >= 4 is 25.5 Å². The summed E-state index contributed by atoms with van der Waals surface area (Å²) in [7, 11) is -4.43. The lowest BCUT2D eigenvalue weighted by Gasteiger charge is -2.21. The minimum atomic E-state index is -3.14. The second kappa shape index (κ2) is 5.99. The van der Waals surface area contributed by atoms with Crippen molar-refractivity contribution < 1.29 is 17.4 Å². The van der Waals surface area contributed by atoms with Crippen molar-refractivity contribution in [1.82, 2.24) is 15.1 Å². The SMILES string of the molecule is Cn1cc(S(C)(=N)=O)c(CNC(=O)C2CCCS(=O)(=O)C2)n1. The lowest BCUT2D eigenvalue weighted by atomic mass is 10.0. The molecule has 1 saturated heterocycles. The van der Waals surface area contributed by atoms with Gasteiger partial charge in [-0.2, -0.15) is 5.10 Å². The van der Waals surface area contributed by atoms with Crippen LogP contribution in [0.5, 0.6) is 0 Å². The summed E-state index contributed by atoms with van der Waals surface area (Å²) in [5, 5.41) is 6.75. The van der Waals surface area contributed by atoms with Crippen LogP contribution in [-0.2, 0) is 38.0 Å². The van der Waals surface area contributed by atoms with E-state index in [1.54, 1.807) is 7.05 Å². The van der Waals surface area contributed by atoms with Crippen molar-refractivity contribution in [3.63, 3.8) is 0 Å². The summed E-state index contributed by atoms with van der Waals surface area (Å²) in [5.41, 5.74) is 0.372. The van der Waals surface area contributed by atoms with Crippen LogP contribution in [0.15, 0.2) is 11.1 Å². The summed E-state index contributed by atoms with van der Waals surface area (Å²) in [5.74, 6) is -0.880. The van der Waals surface area contributed by atoms with Crippen molar-refractivity contribution in [3.8, 4) is 0 Å². The van der Waals surface area contributed by atoms with E-state index in [1.165, 1.54) is 17.1 Å². The molecule has 1 aromatic heterocycles. The molecular formula is C12H20N4O4S2. The van der Waals surface area contributed by atoms with Gasteiger partial charge in [-0.25, -0.2) is 17.4 Å². The Bertz CT molecular complexity index is 780. The summed E-state index contributed by atoms with van der Waals surface area (Å²) < 4.78 is 44.1. The molecule has 1 fully saturated rings. The van der Waals surface area contributed by atoms with Crippen molar-refractivity contribution in [2.24, 2.45) is 13.0 Å². The number of aromatic nitrogens is 2. The number of nitrogens with zero attached hydrogens (tertiary/aromatic N) is 2. The second-order valence-electron chi connectivity index (χ2n) is 5.63. The largest absolute Gasteiger partial charge is 0.350 e. The molecule has 1 amide bonds. The van der Waals surface area contributed by atoms with Crippen LogP contribution in [0.3, 0.4) is 0 Å². The van der Waals surface area contributed by atoms with Crippen LogP contribution in [0, 0.1) is 10.7 Å². The lowest BCUT2D eigenvalue weighted by Crippen LogP contribution is -2.38. The van der Waals surface area contributed by atoms with Crippen LogP contribution in [0.1, 0.15) is 18.5 Å². The van der Waals surface area contributed by atoms with Gasteiger partial charge in [0.05, 0.1) is 44.3 Å². The zero-order valence-electron chi connectivity index (χ0n) is 12.5. The van der Waals surface area contributed by atoms with E-state index >= 15 is 0 Å². The molecule has 2 atom stereocenters. The number of amides is 1. The molecular weight excluding hydrogens is 328 g/mol. The third kappa shape index (κ3) is 4.07. The number of nitrogens with one attached hydrogen (secondary N) is 2. The molecule has 22 heavy (non-hydrogen) atoms. The maximum Gasteiger partial charge on any atom is 0.224 e. The molecule has 8 nitrogen and oxygen atoms in total. The molecule has 1 aliphatic heterocycles. The Balaban J connectivity index is 2.06. The topological polar surface area (TPSA) is 122 Å². The maximum absolute atomic E-state index is 12.1. The van der Waals surface area contributed by atoms with E-state index in [4.69, 9.17) is 4.78 Å². The average molecular weight is 348 g/mol. The highest BCUT2D eigenvalue weighted by Crippen LogP contribution is 2.19. The van der Waals surface area contributed by atoms with Gasteiger partial charge in [0.2, 0.25) is 5.91 Å². The molecule has 2 heterocycles. The number of carbonyl (C=O) groups excluding carboxylic acids is 1. The van der Waals surface area contributed by atoms with Gasteiger partial charge >= 0.3 is 0 Å². The molecule has 0 saturated carbocycles. The quantitative estimate of drug-likeness (QED) is 0.786. The Morgan fingerprint density at radius 2 is 2.27 bits per heavy atom. The minimum absolute atomic E-state index is 0.0370. The zero-order valence-corrected chi connectivity index (χ0v) is 14.2. The molecule has 2 rings (SSSR count). The fourth-order valence-corrected chi connectivity index (χ4v) is 5.13. The van der Waals surface area contributed by atoms with Gasteiger partial charge in [-0.3, -0.25) is 9.48 Å². The van der Waals surface area contributed by atoms with Gasteiger partial charge in [0.25, 0.3) is 0 Å². The summed E-state index contributed by atoms with van der Waals surface area (Å²) in [6.07, 6.45) is 3.83. The standard InChI is InChI=1S/C12H20N4O4S2/c1-16-7-11(21(2,13)18)10(15-16)6-14-12(17)9-4-3-5-22(19,20)8-9/h7,9,13H,3-6,8H2,1-2H3,(H,14,17). The smallest absolute Gasteiger partial charge is 0.224 e. The monoisotopic (exact) mass is 348 g/mol. The molecule has 124 valence electrons. The normalized spacial score (nSPS) is 23.6. The van der Waals surface area contributed by atoms with E-state index in [9.17, 15) is 17.4 Å². The molecule has 0 aromatic carbocycles. The highest BCUT2D eigenvalue weighted by Gasteiger charge is 2.30. The summed E-state index contributed by atoms with van der Waals surface area (Å²) in [6.45, 7) is 0.0370. The van der Waals surface area contributed by atoms with E-state index in [-0.39, 0.29) is 28.9 Å². The zero-order chi connectivity index (χ0) is 16.5. The molecule has 2 unspecified atom stereocenters. The fraction of sp³-hybridized carbons (Fsp3) is 0.667. The fourth-order valence-electron chi connectivity index (χ4n) is 2.51. The Kier molecular flexibility index (Phi) is 4.62. The van der Waals surface area contributed by atoms with Gasteiger partial charge in [-0.15, -0.1) is 0 Å². The number of rotatable bonds is 4. The van der Waals surface area contributed by atoms with E-state index in [0.29, 0.717) is 18.5 Å². The Morgan fingerprint density at radius 3 is 2.86 bits per heavy atom. The summed E-state index contributed by atoms with van der Waals surface area (Å²) >= 11 is 0. The molecule has 2 N–H and O–H groups in total. The predicted octanol–water partition coefficient (Wildman–Crippen LogP) is -0.103. The van der Waals surface area contributed by atoms with Crippen molar-refractivity contribution in [1.29, 1.82) is 4.78 Å². The second-order valence-corrected chi connectivity index (χ2v) is 9.98. The van der Waals surface area contributed by atoms with Crippen molar-refractivity contribution in [3.05, 3.63) is 11.9 Å². The molecule has 0 spiro atoms. The Hall–Kier alpha value is -1.42. The van der Waals surface area contributed by atoms with Crippen LogP contribution >= 0.6 is 0 Å². The third-order valence-electron chi connectivity index (χ3n) is 3.55. The number of carbonyl (C=O) groups is 1. The minimum Gasteiger partial charge on any atom is -0.350 e. The van der Waals surface area contributed by atoms with Crippen LogP contribution in [0.2, 0.25) is 0 Å². The van der Waals surface area contributed by atoms with E-state index in [0.717, 1.165) is 0 Å². The molecule has 0 bridgehead atoms. The third-order valence-corrected chi connectivity index (χ3v) is 6.55. The molecule has 0 aliphatic carbocycles. The Labute approximate surface area is 130 Å². The molecule has 1 aromatic rings. The number of sulfone groups is 1. The van der Waals surface area contributed by atoms with Crippen LogP contribution in [0.25, 0.3) is 0 Å². The van der Waals surface area contributed by atoms with Gasteiger partial charge < -0.3 is 5.32 Å². The van der Waals surface area contributed by atoms with Crippen molar-refractivity contribution in [2.75, 3.05) is 17.8 Å². The summed E-state index contributed by atoms with van der Waals surface area (Å²) in [4.78, 5) is 12.4. The van der Waals surface area contributed by atoms with Gasteiger partial charge in [-0.1, -0.05) is 0 Å². The predicted molar refractivity (Wildman–Crippen MR) is 81.5 cm³/mol. The van der Waals surface area contributed by atoms with E-state index in [1.807, 2.05) is 0 Å². The van der Waals surface area contributed by atoms with Gasteiger partial charge in [-0.05, 0) is 12.8 Å². The van der Waals surface area contributed by atoms with E-state index in [2.05, 4.69) is 10.4 Å². The first-order chi connectivity index (χ1) is 10.1. The van der Waals surface area contributed by atoms with Crippen molar-refractivity contribution in [2.45, 2.75) is 24.3 Å². The molecule has 0 radical (unpaired) electrons. The number of aryl methyl sites for hydroxylation is 1. The highest BCUT2D eigenvalue weighted by molar-refractivity contribution is 7.92. The first-order valence-electron chi connectivity index (χ1n) is 6.83. The number of hydrogen-bond donors (Lipinski definition) is 2. The lowest BCUT2D eigenvalue weighted by molar-refractivity contribution is -0.124. The summed E-state index contributed by atoms with van der Waals surface area (Å²) in [6, 6.07) is 0. The number of hydrogen-bond acceptors (Lipinski definition) is 6. The van der Waals surface area contributed by atoms with E-state index < -0.39 is 25.5 Å². The van der Waals surface area contributed by atoms with Crippen LogP contribution in [-0.4, -0.2) is 46.1 Å². The van der Waals surface area contributed by atoms with Gasteiger partial charge in [0, 0.05) is 19.5 Å².